The maximum Gasteiger partial charge on any atom is 0.225 e. The Morgan fingerprint density at radius 1 is 1.38 bits per heavy atom. The molecule has 2 aliphatic rings. The largest absolute Gasteiger partial charge is 0.355 e. The van der Waals surface area contributed by atoms with E-state index in [1.54, 1.807) is 0 Å². The zero-order chi connectivity index (χ0) is 17.1. The van der Waals surface area contributed by atoms with Crippen LogP contribution in [0.3, 0.4) is 0 Å². The minimum atomic E-state index is 0. The van der Waals surface area contributed by atoms with Crippen molar-refractivity contribution in [1.82, 2.24) is 25.3 Å². The number of piperidine rings is 1. The second-order valence-electron chi connectivity index (χ2n) is 7.66. The Kier molecular flexibility index (Phi) is 9.38. The molecule has 0 radical (unpaired) electrons. The topological polar surface area (TPSA) is 62.2 Å². The molecule has 0 aromatic carbocycles. The van der Waals surface area contributed by atoms with Crippen LogP contribution in [0.15, 0.2) is 12.4 Å². The van der Waals surface area contributed by atoms with E-state index >= 15 is 0 Å². The molecule has 1 aromatic rings. The van der Waals surface area contributed by atoms with E-state index in [1.165, 1.54) is 19.4 Å². The number of carbonyl (C=O) groups excluding carboxylic acids is 1. The highest BCUT2D eigenvalue weighted by Crippen LogP contribution is 2.28. The van der Waals surface area contributed by atoms with Crippen LogP contribution < -0.4 is 10.6 Å². The van der Waals surface area contributed by atoms with Gasteiger partial charge in [-0.2, -0.15) is 5.10 Å². The van der Waals surface area contributed by atoms with Crippen LogP contribution in [0.2, 0.25) is 0 Å². The van der Waals surface area contributed by atoms with E-state index in [0.717, 1.165) is 31.7 Å². The number of nitrogens with one attached hydrogen (secondary N) is 2. The summed E-state index contributed by atoms with van der Waals surface area (Å²) in [5, 5.41) is 10.8. The fraction of sp³-hybridized carbons (Fsp3) is 0.778. The highest BCUT2D eigenvalue weighted by Gasteiger charge is 2.35. The van der Waals surface area contributed by atoms with Crippen LogP contribution in [0, 0.1) is 11.8 Å². The number of hydrogen-bond donors (Lipinski definition) is 2. The second-order valence-corrected chi connectivity index (χ2v) is 7.66. The van der Waals surface area contributed by atoms with E-state index in [4.69, 9.17) is 0 Å². The molecule has 0 saturated carbocycles. The molecule has 3 rings (SSSR count). The van der Waals surface area contributed by atoms with Crippen molar-refractivity contribution in [1.29, 1.82) is 0 Å². The summed E-state index contributed by atoms with van der Waals surface area (Å²) in [5.74, 6) is 1.02. The summed E-state index contributed by atoms with van der Waals surface area (Å²) in [6, 6.07) is 0.595. The predicted octanol–water partition coefficient (Wildman–Crippen LogP) is 1.80. The van der Waals surface area contributed by atoms with Crippen molar-refractivity contribution in [2.45, 2.75) is 38.6 Å². The van der Waals surface area contributed by atoms with Crippen molar-refractivity contribution >= 4 is 30.7 Å². The summed E-state index contributed by atoms with van der Waals surface area (Å²) in [6.07, 6.45) is 6.37. The second kappa shape index (κ2) is 10.5. The Bertz CT molecular complexity index is 566. The van der Waals surface area contributed by atoms with Gasteiger partial charge in [0.15, 0.2) is 0 Å². The van der Waals surface area contributed by atoms with Gasteiger partial charge in [0, 0.05) is 51.4 Å². The lowest BCUT2D eigenvalue weighted by Crippen LogP contribution is -2.45. The fourth-order valence-corrected chi connectivity index (χ4v) is 4.04. The molecule has 1 amide bonds. The van der Waals surface area contributed by atoms with Crippen molar-refractivity contribution in [3.63, 3.8) is 0 Å². The van der Waals surface area contributed by atoms with E-state index in [9.17, 15) is 4.79 Å². The van der Waals surface area contributed by atoms with Crippen molar-refractivity contribution in [2.75, 3.05) is 32.7 Å². The minimum absolute atomic E-state index is 0. The Balaban J connectivity index is 0.00000169. The first-order chi connectivity index (χ1) is 11.5. The Morgan fingerprint density at radius 2 is 2.15 bits per heavy atom. The van der Waals surface area contributed by atoms with Gasteiger partial charge in [-0.25, -0.2) is 0 Å². The van der Waals surface area contributed by atoms with Crippen LogP contribution in [-0.2, 0) is 11.8 Å². The summed E-state index contributed by atoms with van der Waals surface area (Å²) in [6.45, 7) is 9.22. The molecule has 2 saturated heterocycles. The standard InChI is InChI=1S/C18H31N5O.2ClH/c1-13(2)23-6-4-5-14(11-23)7-20-18(24)17-10-19-9-16(17)15-8-21-22(3)12-15;;/h8,12-14,16-17,19H,4-7,9-11H2,1-3H3,(H,20,24);2*1H/t14?,16-,17+;;/m1../s1. The molecule has 3 atom stereocenters. The fourth-order valence-electron chi connectivity index (χ4n) is 4.04. The molecular weight excluding hydrogens is 373 g/mol. The highest BCUT2D eigenvalue weighted by atomic mass is 35.5. The molecule has 150 valence electrons. The van der Waals surface area contributed by atoms with Gasteiger partial charge in [0.1, 0.15) is 0 Å². The lowest BCUT2D eigenvalue weighted by atomic mass is 9.90. The van der Waals surface area contributed by atoms with Crippen molar-refractivity contribution in [3.05, 3.63) is 18.0 Å². The lowest BCUT2D eigenvalue weighted by molar-refractivity contribution is -0.125. The average molecular weight is 406 g/mol. The molecule has 1 aromatic heterocycles. The molecule has 1 unspecified atom stereocenters. The molecule has 2 fully saturated rings. The molecule has 0 aliphatic carbocycles. The lowest BCUT2D eigenvalue weighted by Gasteiger charge is -2.35. The molecular formula is C18H33Cl2N5O. The number of aromatic nitrogens is 2. The summed E-state index contributed by atoms with van der Waals surface area (Å²) in [4.78, 5) is 15.2. The Hall–Kier alpha value is -0.820. The molecule has 0 bridgehead atoms. The van der Waals surface area contributed by atoms with E-state index in [0.29, 0.717) is 12.0 Å². The zero-order valence-electron chi connectivity index (χ0n) is 16.0. The first kappa shape index (κ1) is 23.2. The molecule has 8 heteroatoms. The predicted molar refractivity (Wildman–Crippen MR) is 109 cm³/mol. The third-order valence-corrected chi connectivity index (χ3v) is 5.55. The number of likely N-dealkylation sites (tertiary alicyclic amines) is 1. The maximum absolute atomic E-state index is 12.7. The maximum atomic E-state index is 12.7. The quantitative estimate of drug-likeness (QED) is 0.783. The van der Waals surface area contributed by atoms with Gasteiger partial charge < -0.3 is 15.5 Å². The van der Waals surface area contributed by atoms with Crippen LogP contribution in [0.5, 0.6) is 0 Å². The summed E-state index contributed by atoms with van der Waals surface area (Å²) < 4.78 is 1.81. The zero-order valence-corrected chi connectivity index (χ0v) is 17.6. The monoisotopic (exact) mass is 405 g/mol. The normalized spacial score (nSPS) is 26.2. The van der Waals surface area contributed by atoms with Gasteiger partial charge in [-0.15, -0.1) is 24.8 Å². The molecule has 3 heterocycles. The number of halogens is 2. The van der Waals surface area contributed by atoms with E-state index in [1.807, 2.05) is 24.1 Å². The summed E-state index contributed by atoms with van der Waals surface area (Å²) >= 11 is 0. The van der Waals surface area contributed by atoms with Gasteiger partial charge in [-0.05, 0) is 44.7 Å². The van der Waals surface area contributed by atoms with Crippen LogP contribution in [0.25, 0.3) is 0 Å². The van der Waals surface area contributed by atoms with Crippen molar-refractivity contribution in [3.8, 4) is 0 Å². The Labute approximate surface area is 169 Å². The third kappa shape index (κ3) is 5.59. The molecule has 6 nitrogen and oxygen atoms in total. The SMILES string of the molecule is CC(C)N1CCCC(CNC(=O)[C@H]2CNC[C@@H]2c2cnn(C)c2)C1.Cl.Cl. The first-order valence-corrected chi connectivity index (χ1v) is 9.25. The van der Waals surface area contributed by atoms with Crippen LogP contribution >= 0.6 is 24.8 Å². The number of nitrogens with zero attached hydrogens (tertiary/aromatic N) is 3. The first-order valence-electron chi connectivity index (χ1n) is 9.25. The minimum Gasteiger partial charge on any atom is -0.355 e. The number of aryl methyl sites for hydroxylation is 1. The van der Waals surface area contributed by atoms with Gasteiger partial charge >= 0.3 is 0 Å². The van der Waals surface area contributed by atoms with E-state index in [2.05, 4.69) is 34.5 Å². The smallest absolute Gasteiger partial charge is 0.225 e. The molecule has 26 heavy (non-hydrogen) atoms. The van der Waals surface area contributed by atoms with Gasteiger partial charge in [0.2, 0.25) is 5.91 Å². The Morgan fingerprint density at radius 3 is 2.81 bits per heavy atom. The molecule has 2 aliphatic heterocycles. The van der Waals surface area contributed by atoms with Gasteiger partial charge in [-0.1, -0.05) is 0 Å². The van der Waals surface area contributed by atoms with Gasteiger partial charge in [-0.3, -0.25) is 9.48 Å². The van der Waals surface area contributed by atoms with E-state index < -0.39 is 0 Å². The van der Waals surface area contributed by atoms with Gasteiger partial charge in [0.25, 0.3) is 0 Å². The van der Waals surface area contributed by atoms with E-state index in [-0.39, 0.29) is 42.6 Å². The number of amides is 1. The van der Waals surface area contributed by atoms with Crippen molar-refractivity contribution < 1.29 is 4.79 Å². The summed E-state index contributed by atoms with van der Waals surface area (Å²) in [7, 11) is 1.92. The van der Waals surface area contributed by atoms with Crippen molar-refractivity contribution in [2.24, 2.45) is 18.9 Å². The van der Waals surface area contributed by atoms with Crippen LogP contribution in [-0.4, -0.2) is 59.4 Å². The third-order valence-electron chi connectivity index (χ3n) is 5.55. The number of carbonyl (C=O) groups is 1. The summed E-state index contributed by atoms with van der Waals surface area (Å²) in [5.41, 5.74) is 1.16. The molecule has 2 N–H and O–H groups in total. The number of rotatable bonds is 5. The number of hydrogen-bond acceptors (Lipinski definition) is 4. The van der Waals surface area contributed by atoms with Crippen LogP contribution in [0.1, 0.15) is 38.2 Å². The van der Waals surface area contributed by atoms with Gasteiger partial charge in [0.05, 0.1) is 12.1 Å². The molecule has 0 spiro atoms. The van der Waals surface area contributed by atoms with Crippen LogP contribution in [0.4, 0.5) is 0 Å². The highest BCUT2D eigenvalue weighted by molar-refractivity contribution is 5.85. The average Bonchev–Trinajstić information content (AvgIpc) is 3.21.